The zero-order chi connectivity index (χ0) is 14.2. The molecule has 108 valence electrons. The largest absolute Gasteiger partial charge is 0.444 e. The smallest absolute Gasteiger partial charge is 0.204 e. The average Bonchev–Trinajstić information content (AvgIpc) is 3.03. The molecule has 2 aliphatic rings. The lowest BCUT2D eigenvalue weighted by atomic mass is 10.2. The molecule has 1 N–H and O–H groups in total. The topological polar surface area (TPSA) is 74.3 Å². The minimum atomic E-state index is 0.320. The Hall–Kier alpha value is -2.10. The maximum absolute atomic E-state index is 8.85. The van der Waals surface area contributed by atoms with Gasteiger partial charge in [-0.15, -0.1) is 0 Å². The number of hydrogen-bond donors (Lipinski definition) is 1. The van der Waals surface area contributed by atoms with Crippen molar-refractivity contribution in [2.24, 2.45) is 0 Å². The Labute approximate surface area is 122 Å². The first-order chi connectivity index (χ1) is 10.3. The normalized spacial score (nSPS) is 23.1. The number of furan rings is 1. The number of fused-ring (bicyclic) bond motifs is 1. The van der Waals surface area contributed by atoms with E-state index in [-0.39, 0.29) is 0 Å². The van der Waals surface area contributed by atoms with Gasteiger partial charge in [0.25, 0.3) is 0 Å². The Morgan fingerprint density at radius 3 is 3.05 bits per heavy atom. The van der Waals surface area contributed by atoms with Crippen LogP contribution in [0.25, 0.3) is 11.0 Å². The first-order valence-corrected chi connectivity index (χ1v) is 7.20. The molecule has 4 heterocycles. The minimum absolute atomic E-state index is 0.320. The van der Waals surface area contributed by atoms with Crippen molar-refractivity contribution in [2.75, 3.05) is 31.6 Å². The number of anilines is 1. The summed E-state index contributed by atoms with van der Waals surface area (Å²) in [7, 11) is 0. The lowest BCUT2D eigenvalue weighted by molar-refractivity contribution is -0.0571. The van der Waals surface area contributed by atoms with Gasteiger partial charge in [-0.1, -0.05) is 0 Å². The molecule has 1 atom stereocenters. The van der Waals surface area contributed by atoms with Crippen molar-refractivity contribution in [1.82, 2.24) is 9.88 Å². The number of hydrogen-bond acceptors (Lipinski definition) is 6. The summed E-state index contributed by atoms with van der Waals surface area (Å²) in [5, 5.41) is 13.2. The molecular formula is C15H16N4O2. The number of likely N-dealkylation sites (tertiary alicyclic amines) is 1. The molecule has 0 aliphatic carbocycles. The van der Waals surface area contributed by atoms with E-state index in [4.69, 9.17) is 14.4 Å². The van der Waals surface area contributed by atoms with Crippen molar-refractivity contribution < 1.29 is 9.15 Å². The molecule has 6 heteroatoms. The van der Waals surface area contributed by atoms with E-state index in [2.05, 4.69) is 15.2 Å². The molecule has 2 aromatic rings. The van der Waals surface area contributed by atoms with Crippen LogP contribution in [-0.4, -0.2) is 48.3 Å². The molecule has 6 nitrogen and oxygen atoms in total. The van der Waals surface area contributed by atoms with Gasteiger partial charge in [0.1, 0.15) is 11.9 Å². The number of nitriles is 1. The highest BCUT2D eigenvalue weighted by atomic mass is 16.5. The van der Waals surface area contributed by atoms with Crippen molar-refractivity contribution in [3.63, 3.8) is 0 Å². The summed E-state index contributed by atoms with van der Waals surface area (Å²) in [4.78, 5) is 6.84. The van der Waals surface area contributed by atoms with Gasteiger partial charge in [0.2, 0.25) is 5.76 Å². The molecule has 1 unspecified atom stereocenters. The van der Waals surface area contributed by atoms with Crippen LogP contribution < -0.4 is 5.32 Å². The molecule has 4 rings (SSSR count). The highest BCUT2D eigenvalue weighted by Gasteiger charge is 2.32. The predicted octanol–water partition coefficient (Wildman–Crippen LogP) is 1.58. The first kappa shape index (κ1) is 12.6. The number of aromatic nitrogens is 1. The van der Waals surface area contributed by atoms with Crippen LogP contribution in [0.15, 0.2) is 22.7 Å². The maximum Gasteiger partial charge on any atom is 0.204 e. The van der Waals surface area contributed by atoms with E-state index in [0.717, 1.165) is 43.9 Å². The van der Waals surface area contributed by atoms with Crippen LogP contribution in [0, 0.1) is 11.3 Å². The summed E-state index contributed by atoms with van der Waals surface area (Å²) in [5.41, 5.74) is 0.650. The van der Waals surface area contributed by atoms with Crippen LogP contribution in [0.4, 0.5) is 5.82 Å². The van der Waals surface area contributed by atoms with Gasteiger partial charge in [-0.3, -0.25) is 4.90 Å². The highest BCUT2D eigenvalue weighted by molar-refractivity contribution is 5.80. The minimum Gasteiger partial charge on any atom is -0.444 e. The third-order valence-corrected chi connectivity index (χ3v) is 4.22. The van der Waals surface area contributed by atoms with Gasteiger partial charge in [-0.2, -0.15) is 5.26 Å². The van der Waals surface area contributed by atoms with Gasteiger partial charge in [0, 0.05) is 30.6 Å². The lowest BCUT2D eigenvalue weighted by Crippen LogP contribution is -2.48. The average molecular weight is 284 g/mol. The van der Waals surface area contributed by atoms with Crippen LogP contribution in [0.1, 0.15) is 12.2 Å². The quantitative estimate of drug-likeness (QED) is 0.922. The molecule has 0 spiro atoms. The number of nitrogens with zero attached hydrogens (tertiary/aromatic N) is 3. The Kier molecular flexibility index (Phi) is 3.02. The first-order valence-electron chi connectivity index (χ1n) is 7.20. The fourth-order valence-corrected chi connectivity index (χ4v) is 2.96. The number of ether oxygens (including phenoxy) is 1. The maximum atomic E-state index is 8.85. The number of rotatable bonds is 3. The van der Waals surface area contributed by atoms with Gasteiger partial charge < -0.3 is 14.5 Å². The van der Waals surface area contributed by atoms with Crippen LogP contribution in [0.3, 0.4) is 0 Å². The standard InChI is InChI=1S/C15H16N4O2/c16-5-13-3-10-4-15(17-6-14(10)21-13)18-11-1-2-19(7-11)12-8-20-9-12/h3-4,6,11-12H,1-2,7-9H2,(H,17,18). The van der Waals surface area contributed by atoms with E-state index >= 15 is 0 Å². The van der Waals surface area contributed by atoms with E-state index in [0.29, 0.717) is 23.4 Å². The third-order valence-electron chi connectivity index (χ3n) is 4.22. The van der Waals surface area contributed by atoms with Gasteiger partial charge in [0.15, 0.2) is 5.58 Å². The van der Waals surface area contributed by atoms with E-state index in [1.807, 2.05) is 12.1 Å². The van der Waals surface area contributed by atoms with Gasteiger partial charge >= 0.3 is 0 Å². The third kappa shape index (κ3) is 2.35. The molecule has 0 bridgehead atoms. The van der Waals surface area contributed by atoms with Crippen LogP contribution >= 0.6 is 0 Å². The van der Waals surface area contributed by atoms with Crippen molar-refractivity contribution in [3.05, 3.63) is 24.1 Å². The van der Waals surface area contributed by atoms with Crippen LogP contribution in [-0.2, 0) is 4.74 Å². The summed E-state index contributed by atoms with van der Waals surface area (Å²) in [6.45, 7) is 3.87. The SMILES string of the molecule is N#Cc1cc2cc(NC3CCN(C4COC4)C3)ncc2o1. The van der Waals surface area contributed by atoms with Crippen molar-refractivity contribution >= 4 is 16.8 Å². The number of pyridine rings is 1. The van der Waals surface area contributed by atoms with Crippen LogP contribution in [0.2, 0.25) is 0 Å². The Bertz CT molecular complexity index is 701. The van der Waals surface area contributed by atoms with Crippen molar-refractivity contribution in [1.29, 1.82) is 5.26 Å². The summed E-state index contributed by atoms with van der Waals surface area (Å²) < 4.78 is 10.6. The zero-order valence-electron chi connectivity index (χ0n) is 11.6. The summed E-state index contributed by atoms with van der Waals surface area (Å²) in [5.74, 6) is 1.16. The fourth-order valence-electron chi connectivity index (χ4n) is 2.96. The Morgan fingerprint density at radius 1 is 1.38 bits per heavy atom. The fraction of sp³-hybridized carbons (Fsp3) is 0.467. The monoisotopic (exact) mass is 284 g/mol. The highest BCUT2D eigenvalue weighted by Crippen LogP contribution is 2.23. The van der Waals surface area contributed by atoms with E-state index < -0.39 is 0 Å². The van der Waals surface area contributed by atoms with Gasteiger partial charge in [0.05, 0.1) is 25.5 Å². The second-order valence-electron chi connectivity index (χ2n) is 5.65. The van der Waals surface area contributed by atoms with E-state index in [1.165, 1.54) is 0 Å². The molecular weight excluding hydrogens is 268 g/mol. The second kappa shape index (κ2) is 5.02. The molecule has 2 saturated heterocycles. The van der Waals surface area contributed by atoms with Crippen molar-refractivity contribution in [3.8, 4) is 6.07 Å². The molecule has 0 radical (unpaired) electrons. The molecule has 0 amide bonds. The summed E-state index contributed by atoms with van der Waals surface area (Å²) in [6, 6.07) is 6.70. The van der Waals surface area contributed by atoms with E-state index in [9.17, 15) is 0 Å². The van der Waals surface area contributed by atoms with Crippen LogP contribution in [0.5, 0.6) is 0 Å². The molecule has 0 saturated carbocycles. The summed E-state index contributed by atoms with van der Waals surface area (Å²) >= 11 is 0. The van der Waals surface area contributed by atoms with Crippen molar-refractivity contribution in [2.45, 2.75) is 18.5 Å². The van der Waals surface area contributed by atoms with Gasteiger partial charge in [-0.25, -0.2) is 4.98 Å². The predicted molar refractivity (Wildman–Crippen MR) is 76.9 cm³/mol. The number of nitrogens with one attached hydrogen (secondary N) is 1. The molecule has 21 heavy (non-hydrogen) atoms. The summed E-state index contributed by atoms with van der Waals surface area (Å²) in [6.07, 6.45) is 2.79. The van der Waals surface area contributed by atoms with E-state index in [1.54, 1.807) is 12.3 Å². The Morgan fingerprint density at radius 2 is 2.29 bits per heavy atom. The van der Waals surface area contributed by atoms with Gasteiger partial charge in [-0.05, 0) is 12.5 Å². The Balaban J connectivity index is 1.46. The molecule has 2 aliphatic heterocycles. The molecule has 2 aromatic heterocycles. The molecule has 2 fully saturated rings. The lowest BCUT2D eigenvalue weighted by Gasteiger charge is -2.34. The zero-order valence-corrected chi connectivity index (χ0v) is 11.6. The second-order valence-corrected chi connectivity index (χ2v) is 5.65. The molecule has 0 aromatic carbocycles.